The number of rotatable bonds is 12. The van der Waals surface area contributed by atoms with E-state index in [1.54, 1.807) is 24.4 Å². The van der Waals surface area contributed by atoms with E-state index in [1.807, 2.05) is 45.9 Å². The molecule has 4 bridgehead atoms. The molecule has 0 spiro atoms. The number of benzene rings is 1. The summed E-state index contributed by atoms with van der Waals surface area (Å²) in [4.78, 5) is 37.8. The van der Waals surface area contributed by atoms with E-state index in [9.17, 15) is 14.4 Å². The molecular weight excluding hydrogens is 550 g/mol. The SMILES string of the molecule is CC(C)COc1c(C(=O)NC2C3CC4CC2CC(OC(N)=O)(C4)C3)cnn1C=CC(C)(C)NC(=O)COc1ccccc1. The average molecular weight is 594 g/mol. The second kappa shape index (κ2) is 12.3. The van der Waals surface area contributed by atoms with Crippen molar-refractivity contribution in [3.05, 3.63) is 48.2 Å². The van der Waals surface area contributed by atoms with Crippen LogP contribution in [0.1, 0.15) is 70.2 Å². The molecule has 43 heavy (non-hydrogen) atoms. The Kier molecular flexibility index (Phi) is 8.71. The first-order valence-corrected chi connectivity index (χ1v) is 15.1. The van der Waals surface area contributed by atoms with Crippen LogP contribution in [0.25, 0.3) is 6.20 Å². The van der Waals surface area contributed by atoms with Crippen molar-refractivity contribution < 1.29 is 28.6 Å². The van der Waals surface area contributed by atoms with Crippen molar-refractivity contribution in [2.24, 2.45) is 29.4 Å². The Morgan fingerprint density at radius 2 is 1.81 bits per heavy atom. The smallest absolute Gasteiger partial charge is 0.405 e. The normalized spacial score (nSPS) is 26.0. The quantitative estimate of drug-likeness (QED) is 0.335. The first-order valence-electron chi connectivity index (χ1n) is 15.1. The molecule has 11 nitrogen and oxygen atoms in total. The molecule has 3 amide bonds. The number of aromatic nitrogens is 2. The van der Waals surface area contributed by atoms with Gasteiger partial charge in [0, 0.05) is 12.2 Å². The van der Waals surface area contributed by atoms with Gasteiger partial charge in [0.1, 0.15) is 16.9 Å². The summed E-state index contributed by atoms with van der Waals surface area (Å²) in [6.07, 6.45) is 8.56. The molecule has 4 aliphatic carbocycles. The Balaban J connectivity index is 1.26. The number of amides is 3. The number of ether oxygens (including phenoxy) is 3. The Labute approximate surface area is 252 Å². The maximum Gasteiger partial charge on any atom is 0.405 e. The number of nitrogens with two attached hydrogens (primary N) is 1. The standard InChI is InChI=1S/C32H43N5O6/c1-20(2)18-42-29-25(28(39)35-27-22-12-21-13-23(27)16-32(14-21,15-22)43-30(33)40)17-34-37(29)11-10-31(3,4)36-26(38)19-41-24-8-6-5-7-9-24/h5-11,17,20-23,27H,12-16,18-19H2,1-4H3,(H2,33,40)(H,35,39)(H,36,38). The molecule has 0 saturated heterocycles. The van der Waals surface area contributed by atoms with Crippen LogP contribution in [0.4, 0.5) is 4.79 Å². The monoisotopic (exact) mass is 593 g/mol. The van der Waals surface area contributed by atoms with Gasteiger partial charge in [-0.2, -0.15) is 5.10 Å². The van der Waals surface area contributed by atoms with Crippen molar-refractivity contribution >= 4 is 24.1 Å². The number of nitrogens with one attached hydrogen (secondary N) is 2. The first kappa shape index (κ1) is 30.4. The summed E-state index contributed by atoms with van der Waals surface area (Å²) in [6.45, 7) is 8.07. The van der Waals surface area contributed by atoms with E-state index in [1.165, 1.54) is 10.9 Å². The van der Waals surface area contributed by atoms with Gasteiger partial charge in [-0.15, -0.1) is 0 Å². The summed E-state index contributed by atoms with van der Waals surface area (Å²) in [5.41, 5.74) is 4.51. The van der Waals surface area contributed by atoms with E-state index in [4.69, 9.17) is 19.9 Å². The zero-order chi connectivity index (χ0) is 30.8. The van der Waals surface area contributed by atoms with Gasteiger partial charge < -0.3 is 30.6 Å². The maximum absolute atomic E-state index is 13.7. The largest absolute Gasteiger partial charge is 0.484 e. The molecule has 0 aliphatic heterocycles. The molecule has 2 unspecified atom stereocenters. The van der Waals surface area contributed by atoms with Crippen molar-refractivity contribution in [3.8, 4) is 11.6 Å². The topological polar surface area (TPSA) is 147 Å². The number of hydrogen-bond acceptors (Lipinski definition) is 7. The van der Waals surface area contributed by atoms with E-state index in [0.29, 0.717) is 42.6 Å². The lowest BCUT2D eigenvalue weighted by atomic mass is 9.52. The molecule has 4 fully saturated rings. The van der Waals surface area contributed by atoms with E-state index in [0.717, 1.165) is 19.3 Å². The van der Waals surface area contributed by atoms with Crippen LogP contribution in [-0.2, 0) is 9.53 Å². The maximum atomic E-state index is 13.7. The van der Waals surface area contributed by atoms with Crippen LogP contribution in [0.3, 0.4) is 0 Å². The van der Waals surface area contributed by atoms with Crippen LogP contribution in [0.2, 0.25) is 0 Å². The minimum absolute atomic E-state index is 0.0160. The molecule has 0 radical (unpaired) electrons. The number of hydrogen-bond donors (Lipinski definition) is 3. The third-order valence-corrected chi connectivity index (χ3v) is 8.59. The van der Waals surface area contributed by atoms with Crippen molar-refractivity contribution in [1.82, 2.24) is 20.4 Å². The van der Waals surface area contributed by atoms with Crippen LogP contribution in [0.15, 0.2) is 42.6 Å². The van der Waals surface area contributed by atoms with Crippen LogP contribution in [0, 0.1) is 23.7 Å². The zero-order valence-electron chi connectivity index (χ0n) is 25.4. The first-order chi connectivity index (χ1) is 20.4. The predicted molar refractivity (Wildman–Crippen MR) is 160 cm³/mol. The third kappa shape index (κ3) is 7.32. The molecule has 2 aromatic rings. The molecule has 4 N–H and O–H groups in total. The number of para-hydroxylation sites is 1. The fourth-order valence-corrected chi connectivity index (χ4v) is 7.11. The van der Waals surface area contributed by atoms with Crippen molar-refractivity contribution in [3.63, 3.8) is 0 Å². The van der Waals surface area contributed by atoms with E-state index in [-0.39, 0.29) is 42.2 Å². The lowest BCUT2D eigenvalue weighted by Crippen LogP contribution is -2.63. The van der Waals surface area contributed by atoms with Crippen LogP contribution >= 0.6 is 0 Å². The highest BCUT2D eigenvalue weighted by Gasteiger charge is 2.57. The van der Waals surface area contributed by atoms with Gasteiger partial charge in [0.05, 0.1) is 18.3 Å². The lowest BCUT2D eigenvalue weighted by molar-refractivity contribution is -0.137. The Morgan fingerprint density at radius 1 is 1.12 bits per heavy atom. The van der Waals surface area contributed by atoms with E-state index < -0.39 is 17.2 Å². The molecule has 1 aromatic heterocycles. The number of carbonyl (C=O) groups excluding carboxylic acids is 3. The highest BCUT2D eigenvalue weighted by molar-refractivity contribution is 5.96. The van der Waals surface area contributed by atoms with Gasteiger partial charge in [-0.05, 0) is 87.8 Å². The highest BCUT2D eigenvalue weighted by Crippen LogP contribution is 2.57. The van der Waals surface area contributed by atoms with Gasteiger partial charge in [-0.1, -0.05) is 32.0 Å². The number of carbonyl (C=O) groups is 3. The van der Waals surface area contributed by atoms with E-state index >= 15 is 0 Å². The number of primary amides is 1. The molecule has 4 saturated carbocycles. The summed E-state index contributed by atoms with van der Waals surface area (Å²) in [5.74, 6) is 1.60. The van der Waals surface area contributed by atoms with Crippen LogP contribution < -0.4 is 25.8 Å². The molecule has 4 aliphatic rings. The molecule has 232 valence electrons. The number of nitrogens with zero attached hydrogens (tertiary/aromatic N) is 2. The molecule has 1 aromatic carbocycles. The Morgan fingerprint density at radius 3 is 2.47 bits per heavy atom. The second-order valence-corrected chi connectivity index (χ2v) is 13.3. The summed E-state index contributed by atoms with van der Waals surface area (Å²) >= 11 is 0. The Bertz CT molecular complexity index is 1340. The summed E-state index contributed by atoms with van der Waals surface area (Å²) < 4.78 is 18.8. The fourth-order valence-electron chi connectivity index (χ4n) is 7.11. The van der Waals surface area contributed by atoms with Gasteiger partial charge >= 0.3 is 6.09 Å². The van der Waals surface area contributed by atoms with Crippen LogP contribution in [-0.4, -0.2) is 58.1 Å². The van der Waals surface area contributed by atoms with Gasteiger partial charge in [0.15, 0.2) is 6.61 Å². The molecular formula is C32H43N5O6. The fraction of sp³-hybridized carbons (Fsp3) is 0.562. The third-order valence-electron chi connectivity index (χ3n) is 8.59. The molecule has 2 atom stereocenters. The summed E-state index contributed by atoms with van der Waals surface area (Å²) in [5, 5.41) is 10.7. The van der Waals surface area contributed by atoms with Crippen LogP contribution in [0.5, 0.6) is 11.6 Å². The van der Waals surface area contributed by atoms with Crippen molar-refractivity contribution in [2.45, 2.75) is 77.0 Å². The van der Waals surface area contributed by atoms with Gasteiger partial charge in [0.2, 0.25) is 5.88 Å². The second-order valence-electron chi connectivity index (χ2n) is 13.3. The van der Waals surface area contributed by atoms with E-state index in [2.05, 4.69) is 15.7 Å². The predicted octanol–water partition coefficient (Wildman–Crippen LogP) is 4.13. The highest BCUT2D eigenvalue weighted by atomic mass is 16.6. The zero-order valence-corrected chi connectivity index (χ0v) is 25.4. The van der Waals surface area contributed by atoms with Crippen molar-refractivity contribution in [1.29, 1.82) is 0 Å². The lowest BCUT2D eigenvalue weighted by Gasteiger charge is -2.58. The molecule has 1 heterocycles. The van der Waals surface area contributed by atoms with Gasteiger partial charge in [-0.3, -0.25) is 9.59 Å². The minimum atomic E-state index is -0.732. The summed E-state index contributed by atoms with van der Waals surface area (Å²) in [6, 6.07) is 9.14. The van der Waals surface area contributed by atoms with Crippen molar-refractivity contribution in [2.75, 3.05) is 13.2 Å². The van der Waals surface area contributed by atoms with Gasteiger partial charge in [0.25, 0.3) is 11.8 Å². The minimum Gasteiger partial charge on any atom is -0.484 e. The molecule has 11 heteroatoms. The Hall–Kier alpha value is -4.02. The summed E-state index contributed by atoms with van der Waals surface area (Å²) in [7, 11) is 0. The average Bonchev–Trinajstić information content (AvgIpc) is 3.34. The molecule has 6 rings (SSSR count). The van der Waals surface area contributed by atoms with Gasteiger partial charge in [-0.25, -0.2) is 9.48 Å².